The molecule has 2 atom stereocenters. The Morgan fingerprint density at radius 1 is 1.00 bits per heavy atom. The Morgan fingerprint density at radius 2 is 1.72 bits per heavy atom. The van der Waals surface area contributed by atoms with E-state index in [1.54, 1.807) is 37.4 Å². The number of benzene rings is 3. The van der Waals surface area contributed by atoms with Crippen molar-refractivity contribution in [2.45, 2.75) is 46.6 Å². The molecule has 3 aromatic carbocycles. The molecule has 4 rings (SSSR count). The zero-order valence-corrected chi connectivity index (χ0v) is 28.5. The van der Waals surface area contributed by atoms with Crippen LogP contribution in [-0.4, -0.2) is 56.5 Å². The van der Waals surface area contributed by atoms with Crippen LogP contribution < -0.4 is 35.0 Å². The van der Waals surface area contributed by atoms with Gasteiger partial charge in [0.1, 0.15) is 13.2 Å². The van der Waals surface area contributed by atoms with Crippen molar-refractivity contribution in [3.8, 4) is 23.0 Å². The molecule has 0 aromatic heterocycles. The van der Waals surface area contributed by atoms with Gasteiger partial charge in [0.25, 0.3) is 0 Å². The summed E-state index contributed by atoms with van der Waals surface area (Å²) < 4.78 is 29.1. The number of hydrogen-bond donors (Lipinski definition) is 4. The smallest absolute Gasteiger partial charge is 0.337 e. The van der Waals surface area contributed by atoms with Crippen molar-refractivity contribution >= 4 is 34.1 Å². The molecule has 0 unspecified atom stereocenters. The van der Waals surface area contributed by atoms with E-state index >= 15 is 0 Å². The van der Waals surface area contributed by atoms with Crippen LogP contribution in [0.2, 0.25) is 0 Å². The molecule has 1 aliphatic heterocycles. The fraction of sp³-hybridized carbons (Fsp3) is 0.324. The number of aliphatic hydroxyl groups is 1. The number of aryl methyl sites for hydroxylation is 1. The van der Waals surface area contributed by atoms with E-state index in [-0.39, 0.29) is 12.2 Å². The lowest BCUT2D eigenvalue weighted by molar-refractivity contribution is -0.136. The Kier molecular flexibility index (Phi) is 12.5. The van der Waals surface area contributed by atoms with Crippen LogP contribution in [0, 0.1) is 6.92 Å². The standard InChI is InChI=1S/C34H39BrN4O8/c1-6-44-27-16-24(31-30(33(41)43-5)21(4)37-34(42)38-31)12-13-26(27)46-19-29(40)39-36-17-23-14-25(35)32(28(15-23)45-7-2)47-18-22-10-8-20(3)9-11-22/h8-17,29,31,39-40H,6-7,18-19H2,1-5H3,(H2,37,38,42)/b36-17-/t29-,31-/m1/s1. The molecule has 0 bridgehead atoms. The predicted octanol–water partition coefficient (Wildman–Crippen LogP) is 5.26. The highest BCUT2D eigenvalue weighted by Crippen LogP contribution is 2.37. The lowest BCUT2D eigenvalue weighted by Gasteiger charge is -2.28. The maximum absolute atomic E-state index is 12.5. The number of rotatable bonds is 15. The van der Waals surface area contributed by atoms with Crippen LogP contribution in [-0.2, 0) is 16.1 Å². The second-order valence-electron chi connectivity index (χ2n) is 10.5. The first kappa shape index (κ1) is 35.1. The van der Waals surface area contributed by atoms with Gasteiger partial charge in [-0.15, -0.1) is 0 Å². The lowest BCUT2D eigenvalue weighted by Crippen LogP contribution is -2.45. The number of carbonyl (C=O) groups is 2. The average molecular weight is 712 g/mol. The summed E-state index contributed by atoms with van der Waals surface area (Å²) in [5.74, 6) is 1.29. The zero-order chi connectivity index (χ0) is 33.9. The molecule has 2 amide bonds. The highest BCUT2D eigenvalue weighted by molar-refractivity contribution is 9.10. The molecule has 0 saturated carbocycles. The molecular formula is C34H39BrN4O8. The van der Waals surface area contributed by atoms with Gasteiger partial charge in [0, 0.05) is 5.70 Å². The Labute approximate surface area is 282 Å². The van der Waals surface area contributed by atoms with Crippen LogP contribution in [0.15, 0.2) is 75.4 Å². The van der Waals surface area contributed by atoms with Gasteiger partial charge in [0.05, 0.1) is 42.6 Å². The minimum Gasteiger partial charge on any atom is -0.490 e. The van der Waals surface area contributed by atoms with E-state index in [0.29, 0.717) is 64.1 Å². The molecule has 0 aliphatic carbocycles. The fourth-order valence-electron chi connectivity index (χ4n) is 4.73. The first-order chi connectivity index (χ1) is 22.6. The number of amides is 2. The Bertz CT molecular complexity index is 1630. The van der Waals surface area contributed by atoms with Crippen LogP contribution >= 0.6 is 15.9 Å². The van der Waals surface area contributed by atoms with Gasteiger partial charge in [0.15, 0.2) is 29.2 Å². The van der Waals surface area contributed by atoms with Crippen molar-refractivity contribution in [1.82, 2.24) is 16.1 Å². The van der Waals surface area contributed by atoms with Crippen molar-refractivity contribution in [2.75, 3.05) is 26.9 Å². The van der Waals surface area contributed by atoms with E-state index in [2.05, 4.69) is 37.1 Å². The Hall–Kier alpha value is -4.75. The van der Waals surface area contributed by atoms with Gasteiger partial charge in [-0.1, -0.05) is 35.9 Å². The van der Waals surface area contributed by atoms with Gasteiger partial charge in [-0.2, -0.15) is 5.10 Å². The number of nitrogens with zero attached hydrogens (tertiary/aromatic N) is 1. The van der Waals surface area contributed by atoms with Crippen LogP contribution in [0.5, 0.6) is 23.0 Å². The highest BCUT2D eigenvalue weighted by Gasteiger charge is 2.32. The van der Waals surface area contributed by atoms with Gasteiger partial charge < -0.3 is 39.4 Å². The maximum Gasteiger partial charge on any atom is 0.337 e. The number of ether oxygens (including phenoxy) is 5. The molecule has 250 valence electrons. The summed E-state index contributed by atoms with van der Waals surface area (Å²) in [4.78, 5) is 24.7. The number of hydrogen-bond acceptors (Lipinski definition) is 10. The van der Waals surface area contributed by atoms with Crippen molar-refractivity contribution in [3.63, 3.8) is 0 Å². The van der Waals surface area contributed by atoms with Crippen LogP contribution in [0.4, 0.5) is 4.79 Å². The van der Waals surface area contributed by atoms with Crippen molar-refractivity contribution < 1.29 is 38.4 Å². The van der Waals surface area contributed by atoms with E-state index in [4.69, 9.17) is 23.7 Å². The fourth-order valence-corrected chi connectivity index (χ4v) is 5.30. The summed E-state index contributed by atoms with van der Waals surface area (Å²) in [5.41, 5.74) is 6.82. The van der Waals surface area contributed by atoms with Crippen molar-refractivity contribution in [1.29, 1.82) is 0 Å². The molecule has 3 aromatic rings. The van der Waals surface area contributed by atoms with Crippen LogP contribution in [0.25, 0.3) is 0 Å². The van der Waals surface area contributed by atoms with Crippen LogP contribution in [0.1, 0.15) is 49.1 Å². The molecule has 12 nitrogen and oxygen atoms in total. The molecule has 47 heavy (non-hydrogen) atoms. The maximum atomic E-state index is 12.5. The first-order valence-electron chi connectivity index (χ1n) is 15.0. The number of aliphatic hydroxyl groups excluding tert-OH is 1. The van der Waals surface area contributed by atoms with Crippen molar-refractivity contribution in [3.05, 3.63) is 92.6 Å². The number of hydrazone groups is 1. The molecule has 13 heteroatoms. The molecular weight excluding hydrogens is 672 g/mol. The van der Waals surface area contributed by atoms with Gasteiger partial charge >= 0.3 is 12.0 Å². The van der Waals surface area contributed by atoms with E-state index < -0.39 is 24.3 Å². The average Bonchev–Trinajstić information content (AvgIpc) is 3.04. The SMILES string of the molecule is CCOc1cc([C@H]2NC(=O)NC(C)=C2C(=O)OC)ccc1OC[C@@H](O)N/N=C\c1cc(Br)c(OCc2ccc(C)cc2)c(OCC)c1. The molecule has 0 radical (unpaired) electrons. The second kappa shape index (κ2) is 16.7. The third-order valence-electron chi connectivity index (χ3n) is 6.94. The number of nitrogens with one attached hydrogen (secondary N) is 3. The van der Waals surface area contributed by atoms with E-state index in [9.17, 15) is 14.7 Å². The highest BCUT2D eigenvalue weighted by atomic mass is 79.9. The minimum absolute atomic E-state index is 0.160. The summed E-state index contributed by atoms with van der Waals surface area (Å²) in [6, 6.07) is 15.6. The minimum atomic E-state index is -1.16. The van der Waals surface area contributed by atoms with Gasteiger partial charge in [0.2, 0.25) is 0 Å². The molecule has 0 fully saturated rings. The normalized spacial score (nSPS) is 15.0. The number of carbonyl (C=O) groups excluding carboxylic acids is 2. The lowest BCUT2D eigenvalue weighted by atomic mass is 9.95. The molecule has 0 saturated heterocycles. The van der Waals surface area contributed by atoms with Gasteiger partial charge in [-0.05, 0) is 84.6 Å². The van der Waals surface area contributed by atoms with Gasteiger partial charge in [-0.3, -0.25) is 5.43 Å². The quantitative estimate of drug-likeness (QED) is 0.0718. The Balaban J connectivity index is 1.40. The summed E-state index contributed by atoms with van der Waals surface area (Å²) in [6.45, 7) is 8.37. The number of allylic oxidation sites excluding steroid dienone is 1. The second-order valence-corrected chi connectivity index (χ2v) is 11.3. The first-order valence-corrected chi connectivity index (χ1v) is 15.8. The Morgan fingerprint density at radius 3 is 2.43 bits per heavy atom. The molecule has 1 aliphatic rings. The number of urea groups is 1. The summed E-state index contributed by atoms with van der Waals surface area (Å²) in [6.07, 6.45) is 0.384. The topological polar surface area (TPSA) is 149 Å². The van der Waals surface area contributed by atoms with Crippen molar-refractivity contribution in [2.24, 2.45) is 5.10 Å². The molecule has 0 spiro atoms. The van der Waals surface area contributed by atoms with E-state index in [1.165, 1.54) is 12.7 Å². The predicted molar refractivity (Wildman–Crippen MR) is 180 cm³/mol. The summed E-state index contributed by atoms with van der Waals surface area (Å²) in [7, 11) is 1.28. The molecule has 1 heterocycles. The number of halogens is 1. The number of esters is 1. The summed E-state index contributed by atoms with van der Waals surface area (Å²) in [5, 5.41) is 20.0. The van der Waals surface area contributed by atoms with Gasteiger partial charge in [-0.25, -0.2) is 9.59 Å². The zero-order valence-electron chi connectivity index (χ0n) is 26.9. The third kappa shape index (κ3) is 9.39. The van der Waals surface area contributed by atoms with E-state index in [1.807, 2.05) is 51.1 Å². The van der Waals surface area contributed by atoms with E-state index in [0.717, 1.165) is 5.56 Å². The number of methoxy groups -OCH3 is 1. The summed E-state index contributed by atoms with van der Waals surface area (Å²) >= 11 is 3.58. The van der Waals surface area contributed by atoms with Crippen LogP contribution in [0.3, 0.4) is 0 Å². The monoisotopic (exact) mass is 710 g/mol. The molecule has 4 N–H and O–H groups in total. The third-order valence-corrected chi connectivity index (χ3v) is 7.53. The largest absolute Gasteiger partial charge is 0.490 e.